The van der Waals surface area contributed by atoms with E-state index in [1.165, 1.54) is 0 Å². The van der Waals surface area contributed by atoms with Gasteiger partial charge in [-0.15, -0.1) is 0 Å². The molecule has 0 aliphatic rings. The molecule has 1 N–H and O–H groups in total. The highest BCUT2D eigenvalue weighted by molar-refractivity contribution is 5.59. The zero-order chi connectivity index (χ0) is 12.1. The van der Waals surface area contributed by atoms with Crippen LogP contribution in [0.15, 0.2) is 34.9 Å². The van der Waals surface area contributed by atoms with E-state index in [9.17, 15) is 0 Å². The van der Waals surface area contributed by atoms with Crippen LogP contribution in [0.25, 0.3) is 11.3 Å². The first-order chi connectivity index (χ1) is 8.33. The maximum atomic E-state index is 8.81. The Labute approximate surface area is 99.8 Å². The third-order valence-electron chi connectivity index (χ3n) is 2.45. The fourth-order valence-electron chi connectivity index (χ4n) is 1.66. The van der Waals surface area contributed by atoms with Gasteiger partial charge in [-0.2, -0.15) is 0 Å². The Morgan fingerprint density at radius 1 is 1.35 bits per heavy atom. The second kappa shape index (κ2) is 5.61. The topological polar surface area (TPSA) is 55.5 Å². The number of aliphatic hydroxyl groups is 1. The number of benzene rings is 1. The van der Waals surface area contributed by atoms with Gasteiger partial charge in [0.2, 0.25) is 0 Å². The lowest BCUT2D eigenvalue weighted by Gasteiger charge is -2.01. The number of nitrogens with zero attached hydrogens (tertiary/aromatic N) is 1. The molecule has 0 bridgehead atoms. The summed E-state index contributed by atoms with van der Waals surface area (Å²) in [4.78, 5) is 0. The largest absolute Gasteiger partial charge is 0.396 e. The van der Waals surface area contributed by atoms with Crippen LogP contribution in [-0.4, -0.2) is 24.0 Å². The minimum Gasteiger partial charge on any atom is -0.396 e. The van der Waals surface area contributed by atoms with Crippen molar-refractivity contribution in [1.82, 2.24) is 5.16 Å². The summed E-state index contributed by atoms with van der Waals surface area (Å²) in [5, 5.41) is 12.8. The monoisotopic (exact) mass is 233 g/mol. The van der Waals surface area contributed by atoms with Gasteiger partial charge in [0.25, 0.3) is 0 Å². The standard InChI is InChI=1S/C13H15NO3/c1-16-9-10-3-2-4-11(7-10)13-8-12(5-6-15)17-14-13/h2-4,7-8,15H,5-6,9H2,1H3. The fraction of sp³-hybridized carbons (Fsp3) is 0.308. The summed E-state index contributed by atoms with van der Waals surface area (Å²) >= 11 is 0. The molecule has 0 aliphatic carbocycles. The minimum absolute atomic E-state index is 0.0678. The Morgan fingerprint density at radius 2 is 2.24 bits per heavy atom. The van der Waals surface area contributed by atoms with Gasteiger partial charge < -0.3 is 14.4 Å². The summed E-state index contributed by atoms with van der Waals surface area (Å²) in [5.41, 5.74) is 2.87. The van der Waals surface area contributed by atoms with Crippen LogP contribution < -0.4 is 0 Å². The van der Waals surface area contributed by atoms with Crippen molar-refractivity contribution in [3.05, 3.63) is 41.7 Å². The molecule has 2 rings (SSSR count). The zero-order valence-electron chi connectivity index (χ0n) is 9.72. The molecule has 0 unspecified atom stereocenters. The minimum atomic E-state index is 0.0678. The number of aliphatic hydroxyl groups excluding tert-OH is 1. The highest BCUT2D eigenvalue weighted by Crippen LogP contribution is 2.20. The van der Waals surface area contributed by atoms with Gasteiger partial charge in [0, 0.05) is 25.2 Å². The summed E-state index contributed by atoms with van der Waals surface area (Å²) in [6.45, 7) is 0.646. The van der Waals surface area contributed by atoms with Crippen LogP contribution in [0.2, 0.25) is 0 Å². The predicted octanol–water partition coefficient (Wildman–Crippen LogP) is 2.02. The normalized spacial score (nSPS) is 10.7. The Bertz CT molecular complexity index is 479. The molecule has 17 heavy (non-hydrogen) atoms. The van der Waals surface area contributed by atoms with E-state index in [-0.39, 0.29) is 6.61 Å². The van der Waals surface area contributed by atoms with Crippen molar-refractivity contribution in [2.24, 2.45) is 0 Å². The Balaban J connectivity index is 2.22. The number of hydrogen-bond donors (Lipinski definition) is 1. The predicted molar refractivity (Wildman–Crippen MR) is 63.4 cm³/mol. The first-order valence-corrected chi connectivity index (χ1v) is 5.48. The van der Waals surface area contributed by atoms with Crippen LogP contribution >= 0.6 is 0 Å². The lowest BCUT2D eigenvalue weighted by molar-refractivity contribution is 0.185. The molecule has 4 heteroatoms. The van der Waals surface area contributed by atoms with Gasteiger partial charge in [0.15, 0.2) is 0 Å². The SMILES string of the molecule is COCc1cccc(-c2cc(CCO)on2)c1. The van der Waals surface area contributed by atoms with Crippen LogP contribution in [-0.2, 0) is 17.8 Å². The van der Waals surface area contributed by atoms with Crippen LogP contribution in [0.1, 0.15) is 11.3 Å². The Morgan fingerprint density at radius 3 is 3.00 bits per heavy atom. The first kappa shape index (κ1) is 11.8. The van der Waals surface area contributed by atoms with Crippen molar-refractivity contribution < 1.29 is 14.4 Å². The number of hydrogen-bond acceptors (Lipinski definition) is 4. The summed E-state index contributed by atoms with van der Waals surface area (Å²) in [7, 11) is 1.67. The van der Waals surface area contributed by atoms with E-state index in [0.717, 1.165) is 16.8 Å². The highest BCUT2D eigenvalue weighted by atomic mass is 16.5. The molecule has 0 radical (unpaired) electrons. The highest BCUT2D eigenvalue weighted by Gasteiger charge is 2.06. The molecule has 0 saturated carbocycles. The summed E-state index contributed by atoms with van der Waals surface area (Å²) < 4.78 is 10.2. The number of methoxy groups -OCH3 is 1. The van der Waals surface area contributed by atoms with Crippen molar-refractivity contribution in [2.75, 3.05) is 13.7 Å². The number of ether oxygens (including phenoxy) is 1. The molecule has 0 atom stereocenters. The summed E-state index contributed by atoms with van der Waals surface area (Å²) in [5.74, 6) is 0.694. The number of rotatable bonds is 5. The zero-order valence-corrected chi connectivity index (χ0v) is 9.72. The molecule has 4 nitrogen and oxygen atoms in total. The molecule has 0 saturated heterocycles. The van der Waals surface area contributed by atoms with E-state index in [1.807, 2.05) is 30.3 Å². The first-order valence-electron chi connectivity index (χ1n) is 5.48. The average Bonchev–Trinajstić information content (AvgIpc) is 2.79. The molecule has 0 spiro atoms. The smallest absolute Gasteiger partial charge is 0.139 e. The molecule has 1 heterocycles. The van der Waals surface area contributed by atoms with Crippen molar-refractivity contribution in [3.8, 4) is 11.3 Å². The lowest BCUT2D eigenvalue weighted by Crippen LogP contribution is -1.88. The van der Waals surface area contributed by atoms with Crippen LogP contribution in [0.3, 0.4) is 0 Å². The van der Waals surface area contributed by atoms with E-state index < -0.39 is 0 Å². The molecule has 0 amide bonds. The molecule has 0 fully saturated rings. The molecule has 1 aromatic heterocycles. The maximum Gasteiger partial charge on any atom is 0.139 e. The summed E-state index contributed by atoms with van der Waals surface area (Å²) in [6, 6.07) is 9.80. The fourth-order valence-corrected chi connectivity index (χ4v) is 1.66. The van der Waals surface area contributed by atoms with Crippen LogP contribution in [0, 0.1) is 0 Å². The Kier molecular flexibility index (Phi) is 3.90. The van der Waals surface area contributed by atoms with Crippen LogP contribution in [0.4, 0.5) is 0 Å². The third-order valence-corrected chi connectivity index (χ3v) is 2.45. The van der Waals surface area contributed by atoms with E-state index in [4.69, 9.17) is 14.4 Å². The third kappa shape index (κ3) is 2.93. The molecular formula is C13H15NO3. The van der Waals surface area contributed by atoms with Gasteiger partial charge in [-0.3, -0.25) is 0 Å². The number of aromatic nitrogens is 1. The van der Waals surface area contributed by atoms with Crippen molar-refractivity contribution in [1.29, 1.82) is 0 Å². The quantitative estimate of drug-likeness (QED) is 0.858. The van der Waals surface area contributed by atoms with Crippen molar-refractivity contribution in [3.63, 3.8) is 0 Å². The second-order valence-electron chi connectivity index (χ2n) is 3.79. The van der Waals surface area contributed by atoms with E-state index >= 15 is 0 Å². The van der Waals surface area contributed by atoms with Gasteiger partial charge >= 0.3 is 0 Å². The van der Waals surface area contributed by atoms with Crippen LogP contribution in [0.5, 0.6) is 0 Å². The lowest BCUT2D eigenvalue weighted by atomic mass is 10.1. The van der Waals surface area contributed by atoms with Gasteiger partial charge in [-0.25, -0.2) is 0 Å². The Hall–Kier alpha value is -1.65. The second-order valence-corrected chi connectivity index (χ2v) is 3.79. The molecule has 0 aliphatic heterocycles. The van der Waals surface area contributed by atoms with Crippen molar-refractivity contribution in [2.45, 2.75) is 13.0 Å². The van der Waals surface area contributed by atoms with Crippen molar-refractivity contribution >= 4 is 0 Å². The van der Waals surface area contributed by atoms with Gasteiger partial charge in [0.05, 0.1) is 13.2 Å². The van der Waals surface area contributed by atoms with E-state index in [0.29, 0.717) is 18.8 Å². The molecular weight excluding hydrogens is 218 g/mol. The van der Waals surface area contributed by atoms with E-state index in [2.05, 4.69) is 5.16 Å². The average molecular weight is 233 g/mol. The van der Waals surface area contributed by atoms with Gasteiger partial charge in [-0.05, 0) is 11.6 Å². The maximum absolute atomic E-state index is 8.81. The van der Waals surface area contributed by atoms with Gasteiger partial charge in [-0.1, -0.05) is 23.4 Å². The van der Waals surface area contributed by atoms with E-state index in [1.54, 1.807) is 7.11 Å². The summed E-state index contributed by atoms with van der Waals surface area (Å²) in [6.07, 6.45) is 0.491. The van der Waals surface area contributed by atoms with Gasteiger partial charge in [0.1, 0.15) is 11.5 Å². The molecule has 2 aromatic rings. The molecule has 90 valence electrons. The molecule has 1 aromatic carbocycles.